The summed E-state index contributed by atoms with van der Waals surface area (Å²) >= 11 is 0. The summed E-state index contributed by atoms with van der Waals surface area (Å²) in [6.45, 7) is 0.185. The van der Waals surface area contributed by atoms with Gasteiger partial charge in [0.25, 0.3) is 5.91 Å². The number of methoxy groups -OCH3 is 1. The Labute approximate surface area is 152 Å². The van der Waals surface area contributed by atoms with Gasteiger partial charge in [-0.15, -0.1) is 0 Å². The van der Waals surface area contributed by atoms with Crippen molar-refractivity contribution in [1.82, 2.24) is 4.90 Å². The molecule has 1 aliphatic heterocycles. The Bertz CT molecular complexity index is 913. The highest BCUT2D eigenvalue weighted by Gasteiger charge is 2.35. The highest BCUT2D eigenvalue weighted by atomic mass is 32.2. The molecule has 2 aromatic rings. The van der Waals surface area contributed by atoms with E-state index in [1.165, 1.54) is 23.1 Å². The highest BCUT2D eigenvalue weighted by Crippen LogP contribution is 2.24. The Kier molecular flexibility index (Phi) is 5.27. The molecule has 0 saturated carbocycles. The van der Waals surface area contributed by atoms with Gasteiger partial charge in [-0.25, -0.2) is 12.8 Å². The topological polar surface area (TPSA) is 63.7 Å². The van der Waals surface area contributed by atoms with Gasteiger partial charge in [0.1, 0.15) is 11.6 Å². The zero-order valence-electron chi connectivity index (χ0n) is 14.4. The van der Waals surface area contributed by atoms with Crippen LogP contribution in [0, 0.1) is 5.82 Å². The summed E-state index contributed by atoms with van der Waals surface area (Å²) in [4.78, 5) is 14.4. The van der Waals surface area contributed by atoms with Crippen molar-refractivity contribution >= 4 is 15.7 Å². The van der Waals surface area contributed by atoms with Gasteiger partial charge in [-0.3, -0.25) is 4.79 Å². The minimum atomic E-state index is -3.18. The third-order valence-electron chi connectivity index (χ3n) is 4.50. The van der Waals surface area contributed by atoms with Crippen LogP contribution in [-0.4, -0.2) is 43.9 Å². The van der Waals surface area contributed by atoms with E-state index in [0.29, 0.717) is 12.2 Å². The molecule has 1 heterocycles. The van der Waals surface area contributed by atoms with Crippen LogP contribution < -0.4 is 4.74 Å². The van der Waals surface area contributed by atoms with Crippen LogP contribution in [0.3, 0.4) is 0 Å². The maximum absolute atomic E-state index is 14.1. The van der Waals surface area contributed by atoms with Crippen LogP contribution in [0.25, 0.3) is 0 Å². The van der Waals surface area contributed by atoms with Gasteiger partial charge in [-0.1, -0.05) is 24.3 Å². The second kappa shape index (κ2) is 7.45. The summed E-state index contributed by atoms with van der Waals surface area (Å²) in [5.74, 6) is -0.546. The number of carbonyl (C=O) groups is 1. The van der Waals surface area contributed by atoms with Gasteiger partial charge in [0, 0.05) is 12.6 Å². The van der Waals surface area contributed by atoms with Crippen LogP contribution >= 0.6 is 0 Å². The van der Waals surface area contributed by atoms with Crippen molar-refractivity contribution in [2.75, 3.05) is 18.6 Å². The number of nitrogens with zero attached hydrogens (tertiary/aromatic N) is 1. The van der Waals surface area contributed by atoms with Crippen LogP contribution in [0.2, 0.25) is 0 Å². The number of carbonyl (C=O) groups excluding carboxylic acids is 1. The lowest BCUT2D eigenvalue weighted by Gasteiger charge is -2.29. The first-order valence-electron chi connectivity index (χ1n) is 8.28. The molecule has 7 heteroatoms. The molecule has 0 bridgehead atoms. The molecule has 3 rings (SSSR count). The van der Waals surface area contributed by atoms with Gasteiger partial charge in [-0.05, 0) is 36.2 Å². The maximum Gasteiger partial charge on any atom is 0.257 e. The molecule has 138 valence electrons. The molecule has 1 fully saturated rings. The van der Waals surface area contributed by atoms with Crippen LogP contribution in [0.4, 0.5) is 4.39 Å². The number of hydrogen-bond donors (Lipinski definition) is 0. The fraction of sp³-hybridized carbons (Fsp3) is 0.316. The molecule has 0 radical (unpaired) electrons. The van der Waals surface area contributed by atoms with E-state index < -0.39 is 27.6 Å². The predicted molar refractivity (Wildman–Crippen MR) is 96.3 cm³/mol. The highest BCUT2D eigenvalue weighted by molar-refractivity contribution is 7.91. The third kappa shape index (κ3) is 4.04. The van der Waals surface area contributed by atoms with Crippen LogP contribution in [0.5, 0.6) is 5.75 Å². The zero-order valence-corrected chi connectivity index (χ0v) is 15.2. The van der Waals surface area contributed by atoms with Gasteiger partial charge < -0.3 is 9.64 Å². The summed E-state index contributed by atoms with van der Waals surface area (Å²) in [5.41, 5.74) is 0.734. The Morgan fingerprint density at radius 2 is 2.00 bits per heavy atom. The molecule has 1 saturated heterocycles. The quantitative estimate of drug-likeness (QED) is 0.804. The molecule has 5 nitrogen and oxygen atoms in total. The van der Waals surface area contributed by atoms with Gasteiger partial charge in [-0.2, -0.15) is 0 Å². The lowest BCUT2D eigenvalue weighted by Crippen LogP contribution is -2.41. The number of hydrogen-bond acceptors (Lipinski definition) is 4. The molecule has 2 aromatic carbocycles. The monoisotopic (exact) mass is 377 g/mol. The summed E-state index contributed by atoms with van der Waals surface area (Å²) < 4.78 is 43.1. The normalized spacial score (nSPS) is 18.5. The first kappa shape index (κ1) is 18.4. The summed E-state index contributed by atoms with van der Waals surface area (Å²) in [6.07, 6.45) is 0.354. The van der Waals surface area contributed by atoms with E-state index in [1.54, 1.807) is 31.4 Å². The van der Waals surface area contributed by atoms with Gasteiger partial charge >= 0.3 is 0 Å². The van der Waals surface area contributed by atoms with E-state index >= 15 is 0 Å². The molecule has 1 aliphatic rings. The van der Waals surface area contributed by atoms with Gasteiger partial charge in [0.05, 0.1) is 24.2 Å². The number of halogens is 1. The Morgan fingerprint density at radius 1 is 1.23 bits per heavy atom. The Balaban J connectivity index is 1.94. The van der Waals surface area contributed by atoms with Crippen molar-refractivity contribution in [1.29, 1.82) is 0 Å². The second-order valence-electron chi connectivity index (χ2n) is 6.32. The smallest absolute Gasteiger partial charge is 0.257 e. The molecule has 0 aliphatic carbocycles. The average Bonchev–Trinajstić information content (AvgIpc) is 2.99. The summed E-state index contributed by atoms with van der Waals surface area (Å²) in [6, 6.07) is 12.5. The van der Waals surface area contributed by atoms with Crippen LogP contribution in [0.1, 0.15) is 22.3 Å². The number of benzene rings is 2. The van der Waals surface area contributed by atoms with Crippen molar-refractivity contribution < 1.29 is 22.3 Å². The molecule has 1 atom stereocenters. The Morgan fingerprint density at radius 3 is 2.65 bits per heavy atom. The lowest BCUT2D eigenvalue weighted by atomic mass is 10.1. The van der Waals surface area contributed by atoms with Gasteiger partial charge in [0.2, 0.25) is 0 Å². The first-order valence-corrected chi connectivity index (χ1v) is 10.1. The van der Waals surface area contributed by atoms with Crippen LogP contribution in [0.15, 0.2) is 48.5 Å². The molecular formula is C19H20FNO4S. The maximum atomic E-state index is 14.1. The van der Waals surface area contributed by atoms with Crippen molar-refractivity contribution in [3.63, 3.8) is 0 Å². The van der Waals surface area contributed by atoms with Gasteiger partial charge in [0.15, 0.2) is 9.84 Å². The number of ether oxygens (including phenoxy) is 1. The van der Waals surface area contributed by atoms with Crippen LogP contribution in [-0.2, 0) is 16.4 Å². The molecule has 0 unspecified atom stereocenters. The number of rotatable bonds is 5. The third-order valence-corrected chi connectivity index (χ3v) is 6.25. The van der Waals surface area contributed by atoms with E-state index in [9.17, 15) is 17.6 Å². The lowest BCUT2D eigenvalue weighted by molar-refractivity contribution is 0.0676. The second-order valence-corrected chi connectivity index (χ2v) is 8.55. The van der Waals surface area contributed by atoms with E-state index in [0.717, 1.165) is 5.56 Å². The minimum Gasteiger partial charge on any atom is -0.497 e. The minimum absolute atomic E-state index is 0.0385. The molecule has 1 amide bonds. The zero-order chi connectivity index (χ0) is 18.7. The largest absolute Gasteiger partial charge is 0.497 e. The fourth-order valence-electron chi connectivity index (χ4n) is 3.14. The fourth-order valence-corrected chi connectivity index (χ4v) is 4.88. The average molecular weight is 377 g/mol. The predicted octanol–water partition coefficient (Wildman–Crippen LogP) is 2.66. The van der Waals surface area contributed by atoms with E-state index in [4.69, 9.17) is 4.74 Å². The number of amides is 1. The van der Waals surface area contributed by atoms with E-state index in [2.05, 4.69) is 0 Å². The molecule has 0 N–H and O–H groups in total. The standard InChI is InChI=1S/C19H20FNO4S/c1-25-16-6-4-5-14(11-16)12-21(15-9-10-26(23,24)13-15)19(22)17-7-2-3-8-18(17)20/h2-8,11,15H,9-10,12-13H2,1H3/t15-/m1/s1. The molecule has 26 heavy (non-hydrogen) atoms. The van der Waals surface area contributed by atoms with Crippen molar-refractivity contribution in [2.24, 2.45) is 0 Å². The van der Waals surface area contributed by atoms with Crippen molar-refractivity contribution in [3.8, 4) is 5.75 Å². The molecule has 0 aromatic heterocycles. The number of sulfone groups is 1. The summed E-state index contributed by atoms with van der Waals surface area (Å²) in [7, 11) is -1.64. The first-order chi connectivity index (χ1) is 12.4. The van der Waals surface area contributed by atoms with Crippen molar-refractivity contribution in [3.05, 3.63) is 65.5 Å². The molecular weight excluding hydrogens is 357 g/mol. The molecule has 0 spiro atoms. The Hall–Kier alpha value is -2.41. The van der Waals surface area contributed by atoms with E-state index in [1.807, 2.05) is 6.07 Å². The van der Waals surface area contributed by atoms with E-state index in [-0.39, 0.29) is 23.6 Å². The van der Waals surface area contributed by atoms with Crippen molar-refractivity contribution in [2.45, 2.75) is 19.0 Å². The summed E-state index contributed by atoms with van der Waals surface area (Å²) in [5, 5.41) is 0. The SMILES string of the molecule is COc1cccc(CN(C(=O)c2ccccc2F)[C@@H]2CCS(=O)(=O)C2)c1.